The number of hydrogen-bond donors (Lipinski definition) is 3. The number of H-pyrrole nitrogens is 1. The van der Waals surface area contributed by atoms with E-state index in [2.05, 4.69) is 31.0 Å². The number of aromatic nitrogens is 1. The van der Waals surface area contributed by atoms with Crippen molar-refractivity contribution in [2.24, 2.45) is 0 Å². The second-order valence-corrected chi connectivity index (χ2v) is 8.04. The normalized spacial score (nSPS) is 11.2. The zero-order valence-electron chi connectivity index (χ0n) is 13.5. The number of rotatable bonds is 5. The van der Waals surface area contributed by atoms with Gasteiger partial charge in [-0.05, 0) is 64.5 Å². The summed E-state index contributed by atoms with van der Waals surface area (Å²) in [4.78, 5) is 14.4. The Morgan fingerprint density at radius 2 is 1.63 bits per heavy atom. The van der Waals surface area contributed by atoms with Crippen LogP contribution >= 0.6 is 15.9 Å². The van der Waals surface area contributed by atoms with Crippen molar-refractivity contribution in [1.82, 2.24) is 4.98 Å². The van der Waals surface area contributed by atoms with Gasteiger partial charge in [-0.15, -0.1) is 0 Å². The predicted octanol–water partition coefficient (Wildman–Crippen LogP) is 4.11. The third-order valence-electron chi connectivity index (χ3n) is 3.49. The topological polar surface area (TPSA) is 91.1 Å². The lowest BCUT2D eigenvalue weighted by molar-refractivity contribution is 0.102. The molecule has 140 valence electrons. The van der Waals surface area contributed by atoms with Crippen LogP contribution in [0.25, 0.3) is 0 Å². The van der Waals surface area contributed by atoms with Gasteiger partial charge in [-0.25, -0.2) is 17.2 Å². The molecule has 1 aromatic heterocycles. The number of amides is 1. The van der Waals surface area contributed by atoms with Gasteiger partial charge in [-0.1, -0.05) is 0 Å². The van der Waals surface area contributed by atoms with E-state index in [1.54, 1.807) is 12.3 Å². The fraction of sp³-hybridized carbons (Fsp3) is 0. The Morgan fingerprint density at radius 1 is 0.963 bits per heavy atom. The molecule has 0 unspecified atom stereocenters. The zero-order chi connectivity index (χ0) is 19.6. The minimum atomic E-state index is -4.08. The fourth-order valence-corrected chi connectivity index (χ4v) is 3.59. The highest BCUT2D eigenvalue weighted by molar-refractivity contribution is 9.10. The van der Waals surface area contributed by atoms with Gasteiger partial charge >= 0.3 is 0 Å². The maximum atomic E-state index is 13.3. The standard InChI is InChI=1S/C17H12BrF2N3O3S/c18-10-7-16(21-9-10)17(24)22-11-1-3-12(4-2-11)23-27(25,26)13-5-6-14(19)15(20)8-13/h1-9,21,23H,(H,22,24). The van der Waals surface area contributed by atoms with Crippen molar-refractivity contribution in [1.29, 1.82) is 0 Å². The van der Waals surface area contributed by atoms with Gasteiger partial charge in [0.05, 0.1) is 4.90 Å². The molecule has 2 aromatic carbocycles. The molecule has 0 aliphatic rings. The molecule has 1 amide bonds. The lowest BCUT2D eigenvalue weighted by Crippen LogP contribution is -2.14. The average Bonchev–Trinajstić information content (AvgIpc) is 3.05. The van der Waals surface area contributed by atoms with Crippen LogP contribution in [0.1, 0.15) is 10.5 Å². The maximum absolute atomic E-state index is 13.3. The van der Waals surface area contributed by atoms with Crippen molar-refractivity contribution in [2.75, 3.05) is 10.0 Å². The first-order valence-electron chi connectivity index (χ1n) is 7.48. The number of sulfonamides is 1. The van der Waals surface area contributed by atoms with Gasteiger partial charge in [0.15, 0.2) is 11.6 Å². The molecular weight excluding hydrogens is 444 g/mol. The maximum Gasteiger partial charge on any atom is 0.272 e. The second kappa shape index (κ2) is 7.49. The number of hydrogen-bond acceptors (Lipinski definition) is 3. The average molecular weight is 456 g/mol. The van der Waals surface area contributed by atoms with E-state index in [-0.39, 0.29) is 11.6 Å². The highest BCUT2D eigenvalue weighted by Gasteiger charge is 2.17. The van der Waals surface area contributed by atoms with Crippen molar-refractivity contribution in [2.45, 2.75) is 4.90 Å². The summed E-state index contributed by atoms with van der Waals surface area (Å²) < 4.78 is 53.7. The monoisotopic (exact) mass is 455 g/mol. The first kappa shape index (κ1) is 19.1. The molecule has 0 radical (unpaired) electrons. The third-order valence-corrected chi connectivity index (χ3v) is 5.33. The van der Waals surface area contributed by atoms with Crippen LogP contribution in [0.2, 0.25) is 0 Å². The van der Waals surface area contributed by atoms with Crippen molar-refractivity contribution in [3.05, 3.63) is 76.5 Å². The summed E-state index contributed by atoms with van der Waals surface area (Å²) in [5.74, 6) is -2.76. The van der Waals surface area contributed by atoms with Gasteiger partial charge in [-0.3, -0.25) is 9.52 Å². The quantitative estimate of drug-likeness (QED) is 0.540. The first-order chi connectivity index (χ1) is 12.7. The van der Waals surface area contributed by atoms with E-state index in [9.17, 15) is 22.0 Å². The van der Waals surface area contributed by atoms with E-state index in [1.807, 2.05) is 0 Å². The Balaban J connectivity index is 1.71. The Labute approximate surface area is 161 Å². The molecule has 0 aliphatic heterocycles. The van der Waals surface area contributed by atoms with Crippen LogP contribution in [0.15, 0.2) is 64.1 Å². The molecule has 27 heavy (non-hydrogen) atoms. The molecular formula is C17H12BrF2N3O3S. The van der Waals surface area contributed by atoms with Gasteiger partial charge in [0, 0.05) is 22.0 Å². The van der Waals surface area contributed by atoms with Gasteiger partial charge < -0.3 is 10.3 Å². The molecule has 0 spiro atoms. The second-order valence-electron chi connectivity index (χ2n) is 5.44. The van der Waals surface area contributed by atoms with Crippen molar-refractivity contribution >= 4 is 43.2 Å². The van der Waals surface area contributed by atoms with E-state index in [1.165, 1.54) is 24.3 Å². The lowest BCUT2D eigenvalue weighted by atomic mass is 10.3. The molecule has 3 rings (SSSR count). The minimum Gasteiger partial charge on any atom is -0.356 e. The van der Waals surface area contributed by atoms with Crippen molar-refractivity contribution in [3.8, 4) is 0 Å². The minimum absolute atomic E-state index is 0.195. The molecule has 0 bridgehead atoms. The smallest absolute Gasteiger partial charge is 0.272 e. The van der Waals surface area contributed by atoms with E-state index in [0.717, 1.165) is 16.6 Å². The Morgan fingerprint density at radius 3 is 2.22 bits per heavy atom. The van der Waals surface area contributed by atoms with Gasteiger partial charge in [0.1, 0.15) is 5.69 Å². The van der Waals surface area contributed by atoms with Crippen molar-refractivity contribution < 1.29 is 22.0 Å². The largest absolute Gasteiger partial charge is 0.356 e. The van der Waals surface area contributed by atoms with Crippen LogP contribution < -0.4 is 10.0 Å². The van der Waals surface area contributed by atoms with Crippen LogP contribution in [-0.4, -0.2) is 19.3 Å². The van der Waals surface area contributed by atoms with Crippen LogP contribution in [0.3, 0.4) is 0 Å². The highest BCUT2D eigenvalue weighted by atomic mass is 79.9. The van der Waals surface area contributed by atoms with E-state index >= 15 is 0 Å². The molecule has 10 heteroatoms. The highest BCUT2D eigenvalue weighted by Crippen LogP contribution is 2.20. The Bertz CT molecular complexity index is 1100. The number of anilines is 2. The van der Waals surface area contributed by atoms with Crippen LogP contribution in [-0.2, 0) is 10.0 Å². The molecule has 6 nitrogen and oxygen atoms in total. The van der Waals surface area contributed by atoms with Crippen LogP contribution in [0.5, 0.6) is 0 Å². The predicted molar refractivity (Wildman–Crippen MR) is 100 cm³/mol. The molecule has 0 saturated carbocycles. The molecule has 3 N–H and O–H groups in total. The lowest BCUT2D eigenvalue weighted by Gasteiger charge is -2.10. The Kier molecular flexibility index (Phi) is 5.29. The summed E-state index contributed by atoms with van der Waals surface area (Å²) in [7, 11) is -4.08. The molecule has 0 fully saturated rings. The first-order valence-corrected chi connectivity index (χ1v) is 9.75. The summed E-state index contributed by atoms with van der Waals surface area (Å²) >= 11 is 3.23. The Hall–Kier alpha value is -2.72. The molecule has 0 atom stereocenters. The molecule has 0 aliphatic carbocycles. The summed E-state index contributed by atoms with van der Waals surface area (Å²) in [6.07, 6.45) is 1.62. The molecule has 3 aromatic rings. The van der Waals surface area contributed by atoms with Crippen LogP contribution in [0.4, 0.5) is 20.2 Å². The summed E-state index contributed by atoms with van der Waals surface area (Å²) in [6, 6.07) is 9.76. The fourth-order valence-electron chi connectivity index (χ4n) is 2.18. The zero-order valence-corrected chi connectivity index (χ0v) is 15.9. The summed E-state index contributed by atoms with van der Waals surface area (Å²) in [5.41, 5.74) is 0.992. The molecule has 1 heterocycles. The number of halogens is 3. The van der Waals surface area contributed by atoms with E-state index in [4.69, 9.17) is 0 Å². The summed E-state index contributed by atoms with van der Waals surface area (Å²) in [6.45, 7) is 0. The van der Waals surface area contributed by atoms with Gasteiger partial charge in [0.2, 0.25) is 0 Å². The van der Waals surface area contributed by atoms with Crippen LogP contribution in [0, 0.1) is 11.6 Å². The van der Waals surface area contributed by atoms with Gasteiger partial charge in [0.25, 0.3) is 15.9 Å². The molecule has 0 saturated heterocycles. The summed E-state index contributed by atoms with van der Waals surface area (Å²) in [5, 5.41) is 2.65. The number of carbonyl (C=O) groups excluding carboxylic acids is 1. The number of aromatic amines is 1. The third kappa shape index (κ3) is 4.52. The van der Waals surface area contributed by atoms with Crippen molar-refractivity contribution in [3.63, 3.8) is 0 Å². The number of nitrogens with one attached hydrogen (secondary N) is 3. The van der Waals surface area contributed by atoms with E-state index < -0.39 is 26.6 Å². The van der Waals surface area contributed by atoms with Gasteiger partial charge in [-0.2, -0.15) is 0 Å². The SMILES string of the molecule is O=C(Nc1ccc(NS(=O)(=O)c2ccc(F)c(F)c2)cc1)c1cc(Br)c[nH]1. The number of carbonyl (C=O) groups is 1. The van der Waals surface area contributed by atoms with E-state index in [0.29, 0.717) is 17.4 Å². The number of benzene rings is 2.